The van der Waals surface area contributed by atoms with Crippen LogP contribution >= 0.6 is 0 Å². The Kier molecular flexibility index (Phi) is 4.16. The van der Waals surface area contributed by atoms with Gasteiger partial charge in [0.15, 0.2) is 5.82 Å². The first-order valence-corrected chi connectivity index (χ1v) is 8.38. The summed E-state index contributed by atoms with van der Waals surface area (Å²) in [6, 6.07) is 0. The minimum absolute atomic E-state index is 0.278. The number of ether oxygens (including phenoxy) is 1. The van der Waals surface area contributed by atoms with Crippen LogP contribution in [0.4, 0.5) is 5.82 Å². The maximum Gasteiger partial charge on any atom is 0.162 e. The van der Waals surface area contributed by atoms with E-state index in [2.05, 4.69) is 19.2 Å². The summed E-state index contributed by atoms with van der Waals surface area (Å²) >= 11 is 0. The van der Waals surface area contributed by atoms with Crippen LogP contribution in [-0.2, 0) is 23.2 Å². The molecule has 116 valence electrons. The SMILES string of the molecule is CCNc1nc(C2(OC)CCCC(C)C2)nc2c1CCC2. The third kappa shape index (κ3) is 2.66. The molecule has 1 aromatic rings. The molecule has 0 saturated heterocycles. The second kappa shape index (κ2) is 5.91. The van der Waals surface area contributed by atoms with Gasteiger partial charge in [-0.25, -0.2) is 9.97 Å². The number of aryl methyl sites for hydroxylation is 1. The summed E-state index contributed by atoms with van der Waals surface area (Å²) in [7, 11) is 1.82. The molecule has 1 fully saturated rings. The van der Waals surface area contributed by atoms with Gasteiger partial charge in [0.2, 0.25) is 0 Å². The molecule has 1 heterocycles. The number of rotatable bonds is 4. The van der Waals surface area contributed by atoms with Gasteiger partial charge in [0.25, 0.3) is 0 Å². The third-order valence-corrected chi connectivity index (χ3v) is 5.03. The lowest BCUT2D eigenvalue weighted by Gasteiger charge is -2.38. The molecule has 4 heteroatoms. The number of fused-ring (bicyclic) bond motifs is 1. The molecule has 4 nitrogen and oxygen atoms in total. The van der Waals surface area contributed by atoms with E-state index < -0.39 is 0 Å². The molecule has 2 aliphatic carbocycles. The Morgan fingerprint density at radius 2 is 2.14 bits per heavy atom. The van der Waals surface area contributed by atoms with Gasteiger partial charge < -0.3 is 10.1 Å². The number of methoxy groups -OCH3 is 1. The Hall–Kier alpha value is -1.16. The highest BCUT2D eigenvalue weighted by molar-refractivity contribution is 5.49. The predicted octanol–water partition coefficient (Wildman–Crippen LogP) is 3.45. The highest BCUT2D eigenvalue weighted by Gasteiger charge is 2.40. The summed E-state index contributed by atoms with van der Waals surface area (Å²) in [5, 5.41) is 3.43. The van der Waals surface area contributed by atoms with E-state index in [-0.39, 0.29) is 5.60 Å². The summed E-state index contributed by atoms with van der Waals surface area (Å²) < 4.78 is 5.98. The van der Waals surface area contributed by atoms with Crippen LogP contribution in [0.2, 0.25) is 0 Å². The summed E-state index contributed by atoms with van der Waals surface area (Å²) in [5.41, 5.74) is 2.29. The number of hydrogen-bond donors (Lipinski definition) is 1. The van der Waals surface area contributed by atoms with Crippen LogP contribution in [-0.4, -0.2) is 23.6 Å². The molecule has 3 rings (SSSR count). The smallest absolute Gasteiger partial charge is 0.162 e. The van der Waals surface area contributed by atoms with Crippen molar-refractivity contribution in [1.29, 1.82) is 0 Å². The Morgan fingerprint density at radius 3 is 2.86 bits per heavy atom. The monoisotopic (exact) mass is 289 g/mol. The van der Waals surface area contributed by atoms with Crippen molar-refractivity contribution in [2.24, 2.45) is 5.92 Å². The zero-order valence-electron chi connectivity index (χ0n) is 13.5. The van der Waals surface area contributed by atoms with Crippen molar-refractivity contribution in [2.75, 3.05) is 19.0 Å². The van der Waals surface area contributed by atoms with Gasteiger partial charge in [0.1, 0.15) is 11.4 Å². The molecular weight excluding hydrogens is 262 g/mol. The van der Waals surface area contributed by atoms with Crippen LogP contribution in [0.15, 0.2) is 0 Å². The molecular formula is C17H27N3O. The highest BCUT2D eigenvalue weighted by atomic mass is 16.5. The fourth-order valence-corrected chi connectivity index (χ4v) is 3.93. The van der Waals surface area contributed by atoms with E-state index in [0.717, 1.165) is 43.9 Å². The first-order chi connectivity index (χ1) is 10.2. The minimum atomic E-state index is -0.278. The molecule has 0 bridgehead atoms. The zero-order valence-corrected chi connectivity index (χ0v) is 13.5. The fourth-order valence-electron chi connectivity index (χ4n) is 3.93. The summed E-state index contributed by atoms with van der Waals surface area (Å²) in [5.74, 6) is 2.64. The molecule has 0 aliphatic heterocycles. The molecule has 2 aliphatic rings. The van der Waals surface area contributed by atoms with E-state index in [0.29, 0.717) is 5.92 Å². The van der Waals surface area contributed by atoms with E-state index in [1.165, 1.54) is 30.5 Å². The molecule has 0 aromatic carbocycles. The van der Waals surface area contributed by atoms with Gasteiger partial charge in [-0.2, -0.15) is 0 Å². The predicted molar refractivity (Wildman–Crippen MR) is 84.5 cm³/mol. The standard InChI is InChI=1S/C17H27N3O/c1-4-18-15-13-8-5-9-14(13)19-16(20-15)17(21-3)10-6-7-12(2)11-17/h12H,4-11H2,1-3H3,(H,18,19,20). The molecule has 21 heavy (non-hydrogen) atoms. The van der Waals surface area contributed by atoms with Crippen LogP contribution in [0.5, 0.6) is 0 Å². The van der Waals surface area contributed by atoms with Gasteiger partial charge >= 0.3 is 0 Å². The van der Waals surface area contributed by atoms with Crippen LogP contribution in [0, 0.1) is 5.92 Å². The van der Waals surface area contributed by atoms with Gasteiger partial charge in [0.05, 0.1) is 0 Å². The van der Waals surface area contributed by atoms with Gasteiger partial charge in [0, 0.05) is 24.9 Å². The van der Waals surface area contributed by atoms with Crippen molar-refractivity contribution in [1.82, 2.24) is 9.97 Å². The number of nitrogens with one attached hydrogen (secondary N) is 1. The molecule has 1 aromatic heterocycles. The quantitative estimate of drug-likeness (QED) is 0.922. The zero-order chi connectivity index (χ0) is 14.9. The molecule has 1 N–H and O–H groups in total. The van der Waals surface area contributed by atoms with Crippen LogP contribution in [0.25, 0.3) is 0 Å². The van der Waals surface area contributed by atoms with E-state index in [9.17, 15) is 0 Å². The minimum Gasteiger partial charge on any atom is -0.370 e. The van der Waals surface area contributed by atoms with Gasteiger partial charge in [-0.05, 0) is 51.4 Å². The topological polar surface area (TPSA) is 47.0 Å². The van der Waals surface area contributed by atoms with Crippen molar-refractivity contribution < 1.29 is 4.74 Å². The van der Waals surface area contributed by atoms with Crippen LogP contribution in [0.1, 0.15) is 63.0 Å². The van der Waals surface area contributed by atoms with Crippen molar-refractivity contribution in [3.8, 4) is 0 Å². The molecule has 0 radical (unpaired) electrons. The Labute approximate surface area is 127 Å². The summed E-state index contributed by atoms with van der Waals surface area (Å²) in [6.45, 7) is 5.34. The van der Waals surface area contributed by atoms with E-state index in [1.54, 1.807) is 0 Å². The molecule has 2 atom stereocenters. The van der Waals surface area contributed by atoms with Gasteiger partial charge in [-0.15, -0.1) is 0 Å². The van der Waals surface area contributed by atoms with E-state index in [4.69, 9.17) is 14.7 Å². The van der Waals surface area contributed by atoms with Gasteiger partial charge in [-0.3, -0.25) is 0 Å². The lowest BCUT2D eigenvalue weighted by Crippen LogP contribution is -2.36. The Bertz CT molecular complexity index is 517. The maximum atomic E-state index is 5.98. The van der Waals surface area contributed by atoms with Crippen molar-refractivity contribution in [3.63, 3.8) is 0 Å². The normalized spacial score (nSPS) is 28.4. The second-order valence-corrected chi connectivity index (χ2v) is 6.60. The van der Waals surface area contributed by atoms with Gasteiger partial charge in [-0.1, -0.05) is 13.3 Å². The highest BCUT2D eigenvalue weighted by Crippen LogP contribution is 2.42. The number of aromatic nitrogens is 2. The number of hydrogen-bond acceptors (Lipinski definition) is 4. The lowest BCUT2D eigenvalue weighted by molar-refractivity contribution is -0.0646. The van der Waals surface area contributed by atoms with E-state index in [1.807, 2.05) is 7.11 Å². The number of nitrogens with zero attached hydrogens (tertiary/aromatic N) is 2. The first-order valence-electron chi connectivity index (χ1n) is 8.38. The van der Waals surface area contributed by atoms with E-state index >= 15 is 0 Å². The largest absolute Gasteiger partial charge is 0.370 e. The average Bonchev–Trinajstić information content (AvgIpc) is 2.96. The number of anilines is 1. The van der Waals surface area contributed by atoms with Crippen molar-refractivity contribution in [3.05, 3.63) is 17.1 Å². The lowest BCUT2D eigenvalue weighted by atomic mass is 9.78. The maximum absolute atomic E-state index is 5.98. The fraction of sp³-hybridized carbons (Fsp3) is 0.765. The first kappa shape index (κ1) is 14.8. The molecule has 1 saturated carbocycles. The second-order valence-electron chi connectivity index (χ2n) is 6.60. The summed E-state index contributed by atoms with van der Waals surface area (Å²) in [4.78, 5) is 9.81. The third-order valence-electron chi connectivity index (χ3n) is 5.03. The average molecular weight is 289 g/mol. The van der Waals surface area contributed by atoms with Crippen LogP contribution in [0.3, 0.4) is 0 Å². The Balaban J connectivity index is 2.02. The molecule has 0 amide bonds. The summed E-state index contributed by atoms with van der Waals surface area (Å²) in [6.07, 6.45) is 7.95. The van der Waals surface area contributed by atoms with Crippen molar-refractivity contribution >= 4 is 5.82 Å². The van der Waals surface area contributed by atoms with Crippen molar-refractivity contribution in [2.45, 2.75) is 64.4 Å². The Morgan fingerprint density at radius 1 is 1.29 bits per heavy atom. The molecule has 2 unspecified atom stereocenters. The molecule has 0 spiro atoms. The van der Waals surface area contributed by atoms with Crippen LogP contribution < -0.4 is 5.32 Å².